The van der Waals surface area contributed by atoms with Gasteiger partial charge in [0.25, 0.3) is 11.8 Å². The molecule has 5 nitrogen and oxygen atoms in total. The summed E-state index contributed by atoms with van der Waals surface area (Å²) >= 11 is 9.05. The average molecular weight is 398 g/mol. The van der Waals surface area contributed by atoms with E-state index >= 15 is 0 Å². The molecule has 0 radical (unpaired) electrons. The summed E-state index contributed by atoms with van der Waals surface area (Å²) < 4.78 is 6.10. The van der Waals surface area contributed by atoms with E-state index in [0.717, 1.165) is 0 Å². The van der Waals surface area contributed by atoms with Crippen molar-refractivity contribution in [2.45, 2.75) is 13.0 Å². The van der Waals surface area contributed by atoms with Crippen LogP contribution in [0.3, 0.4) is 0 Å². The van der Waals surface area contributed by atoms with Crippen molar-refractivity contribution >= 4 is 39.3 Å². The molecule has 0 bridgehead atoms. The van der Waals surface area contributed by atoms with E-state index in [1.54, 1.807) is 55.5 Å². The van der Waals surface area contributed by atoms with E-state index in [9.17, 15) is 9.59 Å². The van der Waals surface area contributed by atoms with Gasteiger partial charge in [-0.2, -0.15) is 0 Å². The Kier molecular flexibility index (Phi) is 6.01. The fourth-order valence-electron chi connectivity index (χ4n) is 1.70. The highest BCUT2D eigenvalue weighted by Crippen LogP contribution is 2.17. The normalized spacial score (nSPS) is 11.4. The van der Waals surface area contributed by atoms with Gasteiger partial charge in [-0.05, 0) is 59.3 Å². The van der Waals surface area contributed by atoms with Gasteiger partial charge < -0.3 is 4.74 Å². The summed E-state index contributed by atoms with van der Waals surface area (Å²) in [6, 6.07) is 13.5. The monoisotopic (exact) mass is 396 g/mol. The number of ether oxygens (including phenoxy) is 1. The molecule has 2 aromatic carbocycles. The van der Waals surface area contributed by atoms with Crippen LogP contribution in [0.1, 0.15) is 17.3 Å². The van der Waals surface area contributed by atoms with Crippen LogP contribution in [0.4, 0.5) is 0 Å². The van der Waals surface area contributed by atoms with E-state index in [1.807, 2.05) is 0 Å². The highest BCUT2D eigenvalue weighted by Gasteiger charge is 2.16. The van der Waals surface area contributed by atoms with Crippen LogP contribution in [0, 0.1) is 0 Å². The lowest BCUT2D eigenvalue weighted by Crippen LogP contribution is -2.47. The van der Waals surface area contributed by atoms with Crippen LogP contribution in [0.5, 0.6) is 5.75 Å². The number of halogens is 2. The molecule has 0 aliphatic heterocycles. The van der Waals surface area contributed by atoms with Gasteiger partial charge in [0.15, 0.2) is 6.10 Å². The number of carbonyl (C=O) groups excluding carboxylic acids is 2. The van der Waals surface area contributed by atoms with E-state index in [0.29, 0.717) is 20.8 Å². The molecule has 2 N–H and O–H groups in total. The average Bonchev–Trinajstić information content (AvgIpc) is 2.54. The van der Waals surface area contributed by atoms with E-state index in [2.05, 4.69) is 26.8 Å². The first-order chi connectivity index (χ1) is 11.0. The van der Waals surface area contributed by atoms with Crippen molar-refractivity contribution in [1.29, 1.82) is 0 Å². The Morgan fingerprint density at radius 3 is 2.39 bits per heavy atom. The summed E-state index contributed by atoms with van der Waals surface area (Å²) in [5.41, 5.74) is 5.09. The van der Waals surface area contributed by atoms with Crippen LogP contribution in [-0.4, -0.2) is 17.9 Å². The molecule has 0 fully saturated rings. The first-order valence-electron chi connectivity index (χ1n) is 6.74. The predicted molar refractivity (Wildman–Crippen MR) is 91.3 cm³/mol. The first-order valence-corrected chi connectivity index (χ1v) is 7.91. The minimum atomic E-state index is -0.782. The van der Waals surface area contributed by atoms with Gasteiger partial charge in [0.1, 0.15) is 5.75 Å². The molecule has 2 amide bonds. The fraction of sp³-hybridized carbons (Fsp3) is 0.125. The lowest BCUT2D eigenvalue weighted by atomic mass is 10.2. The Morgan fingerprint density at radius 2 is 1.74 bits per heavy atom. The van der Waals surface area contributed by atoms with Gasteiger partial charge in [-0.1, -0.05) is 23.7 Å². The minimum Gasteiger partial charge on any atom is -0.481 e. The van der Waals surface area contributed by atoms with Gasteiger partial charge in [-0.3, -0.25) is 20.4 Å². The number of benzene rings is 2. The lowest BCUT2D eigenvalue weighted by molar-refractivity contribution is -0.128. The molecule has 0 saturated heterocycles. The number of carbonyl (C=O) groups is 2. The summed E-state index contributed by atoms with van der Waals surface area (Å²) in [5.74, 6) is -0.390. The molecule has 0 aliphatic rings. The number of hydrazine groups is 1. The summed E-state index contributed by atoms with van der Waals surface area (Å²) in [5, 5.41) is 0.579. The zero-order chi connectivity index (χ0) is 16.8. The lowest BCUT2D eigenvalue weighted by Gasteiger charge is -2.15. The Labute approximate surface area is 147 Å². The van der Waals surface area contributed by atoms with Gasteiger partial charge in [-0.25, -0.2) is 0 Å². The highest BCUT2D eigenvalue weighted by atomic mass is 79.9. The molecular weight excluding hydrogens is 384 g/mol. The van der Waals surface area contributed by atoms with Crippen LogP contribution in [-0.2, 0) is 4.79 Å². The van der Waals surface area contributed by atoms with E-state index < -0.39 is 17.9 Å². The first kappa shape index (κ1) is 17.3. The smallest absolute Gasteiger partial charge is 0.279 e. The van der Waals surface area contributed by atoms with Crippen molar-refractivity contribution in [2.75, 3.05) is 0 Å². The Hall–Kier alpha value is -2.05. The third kappa shape index (κ3) is 4.97. The number of amides is 2. The van der Waals surface area contributed by atoms with Gasteiger partial charge in [0.05, 0.1) is 5.56 Å². The van der Waals surface area contributed by atoms with Crippen molar-refractivity contribution in [2.24, 2.45) is 0 Å². The standard InChI is InChI=1S/C16H14BrClN2O3/c1-10(23-12-8-6-11(18)7-9-12)15(21)19-20-16(22)13-4-2-3-5-14(13)17/h2-10H,1H3,(H,19,21)(H,20,22). The van der Waals surface area contributed by atoms with Gasteiger partial charge in [0, 0.05) is 9.50 Å². The molecule has 0 saturated carbocycles. The quantitative estimate of drug-likeness (QED) is 0.778. The third-order valence-corrected chi connectivity index (χ3v) is 3.86. The second kappa shape index (κ2) is 7.99. The SMILES string of the molecule is CC(Oc1ccc(Cl)cc1)C(=O)NNC(=O)c1ccccc1Br. The molecule has 120 valence electrons. The van der Waals surface area contributed by atoms with Crippen molar-refractivity contribution < 1.29 is 14.3 Å². The number of nitrogens with one attached hydrogen (secondary N) is 2. The molecule has 1 atom stereocenters. The topological polar surface area (TPSA) is 67.4 Å². The van der Waals surface area contributed by atoms with Crippen LogP contribution in [0.25, 0.3) is 0 Å². The Bertz CT molecular complexity index is 707. The maximum atomic E-state index is 12.0. The zero-order valence-electron chi connectivity index (χ0n) is 12.2. The van der Waals surface area contributed by atoms with Crippen molar-refractivity contribution in [3.63, 3.8) is 0 Å². The van der Waals surface area contributed by atoms with Crippen molar-refractivity contribution in [3.8, 4) is 5.75 Å². The Morgan fingerprint density at radius 1 is 1.09 bits per heavy atom. The van der Waals surface area contributed by atoms with Gasteiger partial charge >= 0.3 is 0 Å². The van der Waals surface area contributed by atoms with Gasteiger partial charge in [0.2, 0.25) is 0 Å². The second-order valence-electron chi connectivity index (χ2n) is 4.64. The number of rotatable bonds is 4. The maximum absolute atomic E-state index is 12.0. The fourth-order valence-corrected chi connectivity index (χ4v) is 2.29. The van der Waals surface area contributed by atoms with Crippen LogP contribution in [0.2, 0.25) is 5.02 Å². The van der Waals surface area contributed by atoms with Crippen LogP contribution >= 0.6 is 27.5 Å². The summed E-state index contributed by atoms with van der Waals surface area (Å²) in [6.07, 6.45) is -0.782. The van der Waals surface area contributed by atoms with Crippen LogP contribution in [0.15, 0.2) is 53.0 Å². The molecule has 0 spiro atoms. The number of hydrogen-bond donors (Lipinski definition) is 2. The minimum absolute atomic E-state index is 0.416. The Balaban J connectivity index is 1.87. The molecule has 2 rings (SSSR count). The molecule has 7 heteroatoms. The molecule has 23 heavy (non-hydrogen) atoms. The van der Waals surface area contributed by atoms with Crippen molar-refractivity contribution in [1.82, 2.24) is 10.9 Å². The molecular formula is C16H14BrClN2O3. The highest BCUT2D eigenvalue weighted by molar-refractivity contribution is 9.10. The molecule has 1 unspecified atom stereocenters. The molecule has 2 aromatic rings. The second-order valence-corrected chi connectivity index (χ2v) is 5.93. The predicted octanol–water partition coefficient (Wildman–Crippen LogP) is 3.33. The maximum Gasteiger partial charge on any atom is 0.279 e. The summed E-state index contributed by atoms with van der Waals surface area (Å²) in [4.78, 5) is 23.9. The zero-order valence-corrected chi connectivity index (χ0v) is 14.5. The van der Waals surface area contributed by atoms with Crippen LogP contribution < -0.4 is 15.6 Å². The summed E-state index contributed by atoms with van der Waals surface area (Å²) in [6.45, 7) is 1.58. The van der Waals surface area contributed by atoms with Gasteiger partial charge in [-0.15, -0.1) is 0 Å². The molecule has 0 aromatic heterocycles. The third-order valence-electron chi connectivity index (χ3n) is 2.91. The molecule has 0 heterocycles. The number of hydrogen-bond acceptors (Lipinski definition) is 3. The van der Waals surface area contributed by atoms with Crippen molar-refractivity contribution in [3.05, 3.63) is 63.6 Å². The van der Waals surface area contributed by atoms with E-state index in [1.165, 1.54) is 0 Å². The van der Waals surface area contributed by atoms with E-state index in [-0.39, 0.29) is 0 Å². The van der Waals surface area contributed by atoms with E-state index in [4.69, 9.17) is 16.3 Å². The summed E-state index contributed by atoms with van der Waals surface area (Å²) in [7, 11) is 0. The molecule has 0 aliphatic carbocycles. The largest absolute Gasteiger partial charge is 0.481 e.